The Hall–Kier alpha value is -3.12. The SMILES string of the molecule is Cc1ccccc1C(O)CNC(=O)c1nn(-c2ccccc2)cc1O. The largest absolute Gasteiger partial charge is 0.504 e. The van der Waals surface area contributed by atoms with Gasteiger partial charge in [-0.1, -0.05) is 42.5 Å². The zero-order valence-electron chi connectivity index (χ0n) is 13.8. The van der Waals surface area contributed by atoms with Crippen molar-refractivity contribution >= 4 is 5.91 Å². The quantitative estimate of drug-likeness (QED) is 0.667. The van der Waals surface area contributed by atoms with Gasteiger partial charge in [-0.25, -0.2) is 4.68 Å². The summed E-state index contributed by atoms with van der Waals surface area (Å²) in [7, 11) is 0. The molecule has 1 aromatic heterocycles. The lowest BCUT2D eigenvalue weighted by Crippen LogP contribution is -2.29. The van der Waals surface area contributed by atoms with Gasteiger partial charge in [0.25, 0.3) is 5.91 Å². The van der Waals surface area contributed by atoms with E-state index in [1.165, 1.54) is 10.9 Å². The van der Waals surface area contributed by atoms with E-state index in [0.29, 0.717) is 0 Å². The molecule has 0 spiro atoms. The normalized spacial score (nSPS) is 11.9. The van der Waals surface area contributed by atoms with Crippen molar-refractivity contribution in [3.8, 4) is 11.4 Å². The third-order valence-electron chi connectivity index (χ3n) is 3.93. The molecule has 0 saturated heterocycles. The summed E-state index contributed by atoms with van der Waals surface area (Å²) in [5.74, 6) is -0.758. The minimum atomic E-state index is -0.830. The minimum absolute atomic E-state index is 0.0291. The van der Waals surface area contributed by atoms with Gasteiger partial charge in [0, 0.05) is 6.54 Å². The Balaban J connectivity index is 1.70. The third kappa shape index (κ3) is 3.70. The van der Waals surface area contributed by atoms with Crippen molar-refractivity contribution in [1.82, 2.24) is 15.1 Å². The highest BCUT2D eigenvalue weighted by Gasteiger charge is 2.18. The van der Waals surface area contributed by atoms with Gasteiger partial charge in [-0.3, -0.25) is 4.79 Å². The van der Waals surface area contributed by atoms with Crippen molar-refractivity contribution in [2.75, 3.05) is 6.54 Å². The highest BCUT2D eigenvalue weighted by Crippen LogP contribution is 2.19. The number of para-hydroxylation sites is 1. The van der Waals surface area contributed by atoms with E-state index in [0.717, 1.165) is 16.8 Å². The van der Waals surface area contributed by atoms with Gasteiger partial charge in [-0.15, -0.1) is 0 Å². The van der Waals surface area contributed by atoms with Crippen molar-refractivity contribution in [3.63, 3.8) is 0 Å². The lowest BCUT2D eigenvalue weighted by atomic mass is 10.0. The van der Waals surface area contributed by atoms with Crippen LogP contribution in [0.4, 0.5) is 0 Å². The Labute approximate surface area is 145 Å². The maximum atomic E-state index is 12.3. The van der Waals surface area contributed by atoms with Gasteiger partial charge in [0.1, 0.15) is 0 Å². The Bertz CT molecular complexity index is 875. The van der Waals surface area contributed by atoms with Crippen molar-refractivity contribution in [3.05, 3.63) is 77.6 Å². The van der Waals surface area contributed by atoms with Crippen LogP contribution >= 0.6 is 0 Å². The lowest BCUT2D eigenvalue weighted by Gasteiger charge is -2.14. The zero-order chi connectivity index (χ0) is 17.8. The Kier molecular flexibility index (Phi) is 4.81. The maximum Gasteiger partial charge on any atom is 0.275 e. The van der Waals surface area contributed by atoms with Crippen LogP contribution in [-0.4, -0.2) is 32.4 Å². The van der Waals surface area contributed by atoms with Gasteiger partial charge in [-0.2, -0.15) is 5.10 Å². The number of aliphatic hydroxyl groups excluding tert-OH is 1. The van der Waals surface area contributed by atoms with Crippen LogP contribution in [0, 0.1) is 6.92 Å². The molecule has 2 aromatic carbocycles. The first-order valence-electron chi connectivity index (χ1n) is 7.92. The fourth-order valence-electron chi connectivity index (χ4n) is 2.58. The minimum Gasteiger partial charge on any atom is -0.504 e. The summed E-state index contributed by atoms with van der Waals surface area (Å²) in [6, 6.07) is 16.6. The molecule has 0 bridgehead atoms. The second-order valence-corrected chi connectivity index (χ2v) is 5.73. The number of aliphatic hydroxyl groups is 1. The van der Waals surface area contributed by atoms with Gasteiger partial charge in [0.05, 0.1) is 18.0 Å². The number of nitrogens with zero attached hydrogens (tertiary/aromatic N) is 2. The average Bonchev–Trinajstić information content (AvgIpc) is 3.02. The van der Waals surface area contributed by atoms with Crippen LogP contribution in [0.25, 0.3) is 5.69 Å². The highest BCUT2D eigenvalue weighted by atomic mass is 16.3. The molecule has 1 heterocycles. The first-order valence-corrected chi connectivity index (χ1v) is 7.92. The fraction of sp³-hybridized carbons (Fsp3) is 0.158. The van der Waals surface area contributed by atoms with Crippen molar-refractivity contribution < 1.29 is 15.0 Å². The maximum absolute atomic E-state index is 12.3. The third-order valence-corrected chi connectivity index (χ3v) is 3.93. The van der Waals surface area contributed by atoms with Crippen molar-refractivity contribution in [2.24, 2.45) is 0 Å². The molecule has 3 rings (SSSR count). The van der Waals surface area contributed by atoms with E-state index in [1.54, 1.807) is 0 Å². The predicted molar refractivity (Wildman–Crippen MR) is 93.7 cm³/mol. The van der Waals surface area contributed by atoms with Gasteiger partial charge in [0.2, 0.25) is 0 Å². The molecule has 0 saturated carbocycles. The van der Waals surface area contributed by atoms with Crippen LogP contribution in [0.5, 0.6) is 5.75 Å². The van der Waals surface area contributed by atoms with Gasteiger partial charge < -0.3 is 15.5 Å². The molecular formula is C19H19N3O3. The zero-order valence-corrected chi connectivity index (χ0v) is 13.8. The van der Waals surface area contributed by atoms with Crippen molar-refractivity contribution in [2.45, 2.75) is 13.0 Å². The summed E-state index contributed by atoms with van der Waals surface area (Å²) < 4.78 is 1.43. The number of carbonyl (C=O) groups excluding carboxylic acids is 1. The molecule has 6 nitrogen and oxygen atoms in total. The molecule has 3 N–H and O–H groups in total. The molecule has 0 radical (unpaired) electrons. The average molecular weight is 337 g/mol. The molecule has 1 atom stereocenters. The standard InChI is InChI=1S/C19H19N3O3/c1-13-7-5-6-10-15(13)16(23)11-20-19(25)18-17(24)12-22(21-18)14-8-3-2-4-9-14/h2-10,12,16,23-24H,11H2,1H3,(H,20,25). The summed E-state index contributed by atoms with van der Waals surface area (Å²) in [4.78, 5) is 12.3. The Morgan fingerprint density at radius 2 is 1.84 bits per heavy atom. The molecule has 6 heteroatoms. The summed E-state index contributed by atoms with van der Waals surface area (Å²) >= 11 is 0. The summed E-state index contributed by atoms with van der Waals surface area (Å²) in [6.45, 7) is 1.93. The molecule has 3 aromatic rings. The van der Waals surface area contributed by atoms with E-state index in [1.807, 2.05) is 61.5 Å². The summed E-state index contributed by atoms with van der Waals surface area (Å²) in [6.07, 6.45) is 0.547. The first-order chi connectivity index (χ1) is 12.1. The topological polar surface area (TPSA) is 87.4 Å². The molecule has 0 aliphatic heterocycles. The summed E-state index contributed by atoms with van der Waals surface area (Å²) in [5.41, 5.74) is 2.35. The number of nitrogens with one attached hydrogen (secondary N) is 1. The number of benzene rings is 2. The lowest BCUT2D eigenvalue weighted by molar-refractivity contribution is 0.0908. The first kappa shape index (κ1) is 16.7. The second kappa shape index (κ2) is 7.19. The predicted octanol–water partition coefficient (Wildman–Crippen LogP) is 2.35. The fourth-order valence-corrected chi connectivity index (χ4v) is 2.58. The van der Waals surface area contributed by atoms with E-state index < -0.39 is 12.0 Å². The Morgan fingerprint density at radius 3 is 2.56 bits per heavy atom. The second-order valence-electron chi connectivity index (χ2n) is 5.73. The molecule has 1 unspecified atom stereocenters. The van der Waals surface area contributed by atoms with Crippen LogP contribution in [-0.2, 0) is 0 Å². The molecule has 25 heavy (non-hydrogen) atoms. The van der Waals surface area contributed by atoms with E-state index >= 15 is 0 Å². The number of aromatic nitrogens is 2. The van der Waals surface area contributed by atoms with Crippen LogP contribution < -0.4 is 5.32 Å². The molecule has 0 aliphatic rings. The number of carbonyl (C=O) groups is 1. The number of amides is 1. The van der Waals surface area contributed by atoms with Gasteiger partial charge >= 0.3 is 0 Å². The highest BCUT2D eigenvalue weighted by molar-refractivity contribution is 5.94. The molecule has 1 amide bonds. The van der Waals surface area contributed by atoms with E-state index in [2.05, 4.69) is 10.4 Å². The Morgan fingerprint density at radius 1 is 1.16 bits per heavy atom. The number of hydrogen-bond donors (Lipinski definition) is 3. The number of hydrogen-bond acceptors (Lipinski definition) is 4. The van der Waals surface area contributed by atoms with Gasteiger partial charge in [0.15, 0.2) is 11.4 Å². The molecule has 0 aliphatic carbocycles. The molecule has 0 fully saturated rings. The molecular weight excluding hydrogens is 318 g/mol. The van der Waals surface area contributed by atoms with Gasteiger partial charge in [-0.05, 0) is 30.2 Å². The van der Waals surface area contributed by atoms with E-state index in [4.69, 9.17) is 0 Å². The number of aromatic hydroxyl groups is 1. The van der Waals surface area contributed by atoms with Crippen LogP contribution in [0.2, 0.25) is 0 Å². The molecule has 128 valence electrons. The summed E-state index contributed by atoms with van der Waals surface area (Å²) in [5, 5.41) is 27.0. The smallest absolute Gasteiger partial charge is 0.275 e. The van der Waals surface area contributed by atoms with Crippen LogP contribution in [0.1, 0.15) is 27.7 Å². The van der Waals surface area contributed by atoms with Crippen molar-refractivity contribution in [1.29, 1.82) is 0 Å². The monoisotopic (exact) mass is 337 g/mol. The van der Waals surface area contributed by atoms with E-state index in [9.17, 15) is 15.0 Å². The van der Waals surface area contributed by atoms with Crippen LogP contribution in [0.15, 0.2) is 60.8 Å². The number of aryl methyl sites for hydroxylation is 1. The number of rotatable bonds is 5. The van der Waals surface area contributed by atoms with E-state index in [-0.39, 0.29) is 18.0 Å². The van der Waals surface area contributed by atoms with Crippen LogP contribution in [0.3, 0.4) is 0 Å².